The molecule has 102 valence electrons. The fourth-order valence-corrected chi connectivity index (χ4v) is 1.78. The smallest absolute Gasteiger partial charge is 0.357 e. The van der Waals surface area contributed by atoms with Crippen molar-refractivity contribution in [2.45, 2.75) is 0 Å². The number of carbonyl (C=O) groups is 1. The summed E-state index contributed by atoms with van der Waals surface area (Å²) >= 11 is 0. The molecular formula is C13H11N3O4. The van der Waals surface area contributed by atoms with Crippen LogP contribution >= 0.6 is 0 Å². The summed E-state index contributed by atoms with van der Waals surface area (Å²) in [5, 5.41) is 27.8. The van der Waals surface area contributed by atoms with Crippen LogP contribution in [0, 0.1) is 11.3 Å². The Hall–Kier alpha value is -3.14. The van der Waals surface area contributed by atoms with Gasteiger partial charge in [-0.1, -0.05) is 0 Å². The number of nitrogen functional groups attached to an aromatic ring is 1. The Morgan fingerprint density at radius 3 is 2.65 bits per heavy atom. The van der Waals surface area contributed by atoms with E-state index in [-0.39, 0.29) is 28.4 Å². The molecule has 4 N–H and O–H groups in total. The first-order chi connectivity index (χ1) is 9.49. The lowest BCUT2D eigenvalue weighted by molar-refractivity contribution is 0.0593. The fourth-order valence-electron chi connectivity index (χ4n) is 1.78. The van der Waals surface area contributed by atoms with Crippen molar-refractivity contribution in [3.63, 3.8) is 0 Å². The number of carbonyl (C=O) groups excluding carboxylic acids is 1. The maximum atomic E-state index is 11.8. The van der Waals surface area contributed by atoms with Gasteiger partial charge in [-0.25, -0.2) is 4.79 Å². The van der Waals surface area contributed by atoms with Crippen molar-refractivity contribution in [1.82, 2.24) is 4.57 Å². The monoisotopic (exact) mass is 273 g/mol. The first-order valence-corrected chi connectivity index (χ1v) is 5.51. The summed E-state index contributed by atoms with van der Waals surface area (Å²) in [5.74, 6) is -1.37. The molecule has 1 heterocycles. The van der Waals surface area contributed by atoms with E-state index in [1.165, 1.54) is 36.1 Å². The summed E-state index contributed by atoms with van der Waals surface area (Å²) in [6.07, 6.45) is 1.35. The molecule has 20 heavy (non-hydrogen) atoms. The van der Waals surface area contributed by atoms with E-state index in [1.54, 1.807) is 0 Å². The number of anilines is 1. The molecule has 0 saturated heterocycles. The molecule has 2 rings (SSSR count). The third kappa shape index (κ3) is 1.99. The molecule has 0 fully saturated rings. The van der Waals surface area contributed by atoms with Crippen molar-refractivity contribution in [3.8, 4) is 23.3 Å². The number of esters is 1. The van der Waals surface area contributed by atoms with Crippen LogP contribution in [0.1, 0.15) is 16.1 Å². The van der Waals surface area contributed by atoms with E-state index < -0.39 is 5.97 Å². The van der Waals surface area contributed by atoms with Crippen LogP contribution in [0.3, 0.4) is 0 Å². The highest BCUT2D eigenvalue weighted by Gasteiger charge is 2.22. The standard InChI is InChI=1S/C13H11N3O4/c1-20-13(19)12-11(15)7(5-14)6-16(12)8-2-3-9(17)10(18)4-8/h2-4,6,17-18H,15H2,1H3. The van der Waals surface area contributed by atoms with Gasteiger partial charge in [0.15, 0.2) is 17.2 Å². The first-order valence-electron chi connectivity index (χ1n) is 5.51. The number of aromatic hydroxyl groups is 2. The number of nitrogens with two attached hydrogens (primary N) is 1. The van der Waals surface area contributed by atoms with Crippen LogP contribution in [0.25, 0.3) is 5.69 Å². The molecule has 7 nitrogen and oxygen atoms in total. The Kier molecular flexibility index (Phi) is 3.23. The molecule has 1 aromatic carbocycles. The van der Waals surface area contributed by atoms with Crippen molar-refractivity contribution >= 4 is 11.7 Å². The SMILES string of the molecule is COC(=O)c1c(N)c(C#N)cn1-c1ccc(O)c(O)c1. The zero-order chi connectivity index (χ0) is 14.9. The molecule has 0 spiro atoms. The summed E-state index contributed by atoms with van der Waals surface area (Å²) < 4.78 is 5.95. The number of rotatable bonds is 2. The maximum absolute atomic E-state index is 11.8. The van der Waals surface area contributed by atoms with Crippen molar-refractivity contribution in [3.05, 3.63) is 35.7 Å². The van der Waals surface area contributed by atoms with Crippen molar-refractivity contribution in [1.29, 1.82) is 5.26 Å². The van der Waals surface area contributed by atoms with Gasteiger partial charge in [0.25, 0.3) is 0 Å². The Morgan fingerprint density at radius 2 is 2.10 bits per heavy atom. The number of hydrogen-bond acceptors (Lipinski definition) is 6. The maximum Gasteiger partial charge on any atom is 0.357 e. The molecule has 0 aliphatic heterocycles. The minimum absolute atomic E-state index is 0.00749. The molecule has 7 heteroatoms. The molecule has 2 aromatic rings. The van der Waals surface area contributed by atoms with Crippen LogP contribution in [0.4, 0.5) is 5.69 Å². The number of aromatic nitrogens is 1. The largest absolute Gasteiger partial charge is 0.504 e. The van der Waals surface area contributed by atoms with Crippen LogP contribution in [0.5, 0.6) is 11.5 Å². The number of phenols is 2. The molecule has 0 unspecified atom stereocenters. The van der Waals surface area contributed by atoms with Crippen molar-refractivity contribution in [2.75, 3.05) is 12.8 Å². The number of nitrogens with zero attached hydrogens (tertiary/aromatic N) is 2. The van der Waals surface area contributed by atoms with Crippen LogP contribution < -0.4 is 5.73 Å². The molecule has 0 atom stereocenters. The first kappa shape index (κ1) is 13.3. The number of ether oxygens (including phenoxy) is 1. The zero-order valence-electron chi connectivity index (χ0n) is 10.5. The second kappa shape index (κ2) is 4.85. The van der Waals surface area contributed by atoms with Gasteiger partial charge in [0, 0.05) is 18.0 Å². The Bertz CT molecular complexity index is 728. The van der Waals surface area contributed by atoms with Gasteiger partial charge in [-0.05, 0) is 12.1 Å². The molecule has 0 saturated carbocycles. The highest BCUT2D eigenvalue weighted by molar-refractivity contribution is 5.96. The van der Waals surface area contributed by atoms with Gasteiger partial charge in [0.1, 0.15) is 6.07 Å². The molecular weight excluding hydrogens is 262 g/mol. The highest BCUT2D eigenvalue weighted by Crippen LogP contribution is 2.30. The summed E-state index contributed by atoms with van der Waals surface area (Å²) in [7, 11) is 1.19. The number of benzene rings is 1. The summed E-state index contributed by atoms with van der Waals surface area (Å²) in [6, 6.07) is 5.82. The second-order valence-corrected chi connectivity index (χ2v) is 3.95. The number of phenolic OH excluding ortho intramolecular Hbond substituents is 2. The van der Waals surface area contributed by atoms with E-state index in [0.717, 1.165) is 0 Å². The van der Waals surface area contributed by atoms with E-state index in [4.69, 9.17) is 11.0 Å². The fraction of sp³-hybridized carbons (Fsp3) is 0.0769. The average Bonchev–Trinajstić information content (AvgIpc) is 2.78. The van der Waals surface area contributed by atoms with Gasteiger partial charge in [-0.2, -0.15) is 5.26 Å². The number of methoxy groups -OCH3 is 1. The predicted octanol–water partition coefficient (Wildman–Crippen LogP) is 1.13. The minimum atomic E-state index is -0.712. The Labute approximate surface area is 114 Å². The van der Waals surface area contributed by atoms with E-state index in [9.17, 15) is 15.0 Å². The van der Waals surface area contributed by atoms with Gasteiger partial charge in [-0.3, -0.25) is 0 Å². The Balaban J connectivity index is 2.70. The van der Waals surface area contributed by atoms with Gasteiger partial charge >= 0.3 is 5.97 Å². The zero-order valence-corrected chi connectivity index (χ0v) is 10.5. The van der Waals surface area contributed by atoms with E-state index in [1.807, 2.05) is 6.07 Å². The summed E-state index contributed by atoms with van der Waals surface area (Å²) in [6.45, 7) is 0. The lowest BCUT2D eigenvalue weighted by atomic mass is 10.2. The molecule has 0 radical (unpaired) electrons. The third-order valence-electron chi connectivity index (χ3n) is 2.78. The second-order valence-electron chi connectivity index (χ2n) is 3.95. The van der Waals surface area contributed by atoms with Crippen molar-refractivity contribution in [2.24, 2.45) is 0 Å². The highest BCUT2D eigenvalue weighted by atomic mass is 16.5. The minimum Gasteiger partial charge on any atom is -0.504 e. The average molecular weight is 273 g/mol. The quantitative estimate of drug-likeness (QED) is 0.557. The molecule has 0 aliphatic carbocycles. The Morgan fingerprint density at radius 1 is 1.40 bits per heavy atom. The van der Waals surface area contributed by atoms with E-state index in [2.05, 4.69) is 4.74 Å². The number of hydrogen-bond donors (Lipinski definition) is 3. The summed E-state index contributed by atoms with van der Waals surface area (Å²) in [4.78, 5) is 11.8. The third-order valence-corrected chi connectivity index (χ3v) is 2.78. The molecule has 0 amide bonds. The van der Waals surface area contributed by atoms with Crippen LogP contribution in [-0.4, -0.2) is 27.9 Å². The molecule has 0 aliphatic rings. The van der Waals surface area contributed by atoms with Crippen LogP contribution in [-0.2, 0) is 4.74 Å². The molecule has 1 aromatic heterocycles. The number of nitriles is 1. The normalized spacial score (nSPS) is 10.0. The lowest BCUT2D eigenvalue weighted by Crippen LogP contribution is -2.11. The van der Waals surface area contributed by atoms with Gasteiger partial charge in [0.05, 0.1) is 18.4 Å². The topological polar surface area (TPSA) is 122 Å². The van der Waals surface area contributed by atoms with E-state index in [0.29, 0.717) is 5.69 Å². The van der Waals surface area contributed by atoms with Gasteiger partial charge < -0.3 is 25.3 Å². The van der Waals surface area contributed by atoms with Gasteiger partial charge in [-0.15, -0.1) is 0 Å². The summed E-state index contributed by atoms with van der Waals surface area (Å²) in [5.41, 5.74) is 6.18. The lowest BCUT2D eigenvalue weighted by Gasteiger charge is -2.09. The van der Waals surface area contributed by atoms with E-state index >= 15 is 0 Å². The van der Waals surface area contributed by atoms with Gasteiger partial charge in [0.2, 0.25) is 0 Å². The predicted molar refractivity (Wildman–Crippen MR) is 69.6 cm³/mol. The van der Waals surface area contributed by atoms with Crippen molar-refractivity contribution < 1.29 is 19.7 Å². The van der Waals surface area contributed by atoms with Crippen LogP contribution in [0.2, 0.25) is 0 Å². The molecule has 0 bridgehead atoms. The van der Waals surface area contributed by atoms with Crippen LogP contribution in [0.15, 0.2) is 24.4 Å².